The molecule has 1 aromatic carbocycles. The molecular weight excluding hydrogens is 290 g/mol. The summed E-state index contributed by atoms with van der Waals surface area (Å²) >= 11 is 1.39. The minimum absolute atomic E-state index is 0.0412. The fourth-order valence-corrected chi connectivity index (χ4v) is 3.04. The quantitative estimate of drug-likeness (QED) is 0.681. The van der Waals surface area contributed by atoms with Crippen LogP contribution in [-0.2, 0) is 4.79 Å². The van der Waals surface area contributed by atoms with Gasteiger partial charge in [0.2, 0.25) is 5.91 Å². The third kappa shape index (κ3) is 3.23. The lowest BCUT2D eigenvalue weighted by atomic mass is 9.87. The van der Waals surface area contributed by atoms with Crippen molar-refractivity contribution in [1.29, 1.82) is 5.26 Å². The number of hydrogen-bond donors (Lipinski definition) is 1. The molecule has 0 fully saturated rings. The zero-order chi connectivity index (χ0) is 15.4. The lowest BCUT2D eigenvalue weighted by Crippen LogP contribution is -2.30. The summed E-state index contributed by atoms with van der Waals surface area (Å²) in [6.07, 6.45) is 0.123. The van der Waals surface area contributed by atoms with E-state index in [0.29, 0.717) is 16.2 Å². The van der Waals surface area contributed by atoms with Crippen LogP contribution >= 0.6 is 11.8 Å². The first-order valence-electron chi connectivity index (χ1n) is 6.38. The molecule has 2 rings (SSSR count). The maximum absolute atomic E-state index is 11.8. The number of amides is 1. The molecule has 1 N–H and O–H groups in total. The zero-order valence-corrected chi connectivity index (χ0v) is 12.1. The maximum atomic E-state index is 11.8. The molecule has 1 unspecified atom stereocenters. The van der Waals surface area contributed by atoms with E-state index < -0.39 is 10.8 Å². The van der Waals surface area contributed by atoms with Crippen LogP contribution in [0.3, 0.4) is 0 Å². The fourth-order valence-electron chi connectivity index (χ4n) is 2.22. The Morgan fingerprint density at radius 1 is 1.57 bits per heavy atom. The number of carbonyl (C=O) groups excluding carboxylic acids is 1. The first-order chi connectivity index (χ1) is 10.1. The minimum Gasteiger partial charge on any atom is -0.320 e. The topological polar surface area (TPSA) is 96.0 Å². The van der Waals surface area contributed by atoms with E-state index in [1.807, 2.05) is 6.92 Å². The fraction of sp³-hybridized carbons (Fsp3) is 0.286. The predicted octanol–water partition coefficient (Wildman–Crippen LogP) is 2.69. The highest BCUT2D eigenvalue weighted by Crippen LogP contribution is 2.36. The second-order valence-corrected chi connectivity index (χ2v) is 5.72. The number of non-ortho nitro benzene ring substituents is 1. The summed E-state index contributed by atoms with van der Waals surface area (Å²) in [5, 5.41) is 23.5. The Morgan fingerprint density at radius 3 is 2.95 bits per heavy atom. The van der Waals surface area contributed by atoms with Gasteiger partial charge in [0.1, 0.15) is 0 Å². The molecule has 0 bridgehead atoms. The Labute approximate surface area is 126 Å². The van der Waals surface area contributed by atoms with Crippen molar-refractivity contribution in [2.24, 2.45) is 0 Å². The number of carbonyl (C=O) groups is 1. The lowest BCUT2D eigenvalue weighted by Gasteiger charge is -2.24. The highest BCUT2D eigenvalue weighted by atomic mass is 32.2. The van der Waals surface area contributed by atoms with Crippen molar-refractivity contribution in [1.82, 2.24) is 5.32 Å². The van der Waals surface area contributed by atoms with Crippen LogP contribution in [0.25, 0.3) is 0 Å². The van der Waals surface area contributed by atoms with Crippen LogP contribution in [0.5, 0.6) is 0 Å². The Kier molecular flexibility index (Phi) is 4.60. The summed E-state index contributed by atoms with van der Waals surface area (Å²) in [5.41, 5.74) is 1.03. The van der Waals surface area contributed by atoms with Gasteiger partial charge in [0.15, 0.2) is 0 Å². The Morgan fingerprint density at radius 2 is 2.33 bits per heavy atom. The van der Waals surface area contributed by atoms with Crippen LogP contribution < -0.4 is 5.32 Å². The summed E-state index contributed by atoms with van der Waals surface area (Å²) in [5.74, 6) is 0.113. The van der Waals surface area contributed by atoms with Crippen molar-refractivity contribution < 1.29 is 9.72 Å². The van der Waals surface area contributed by atoms with Crippen molar-refractivity contribution in [2.75, 3.05) is 5.75 Å². The summed E-state index contributed by atoms with van der Waals surface area (Å²) in [6.45, 7) is 1.93. The smallest absolute Gasteiger partial charge is 0.269 e. The number of nitrogens with one attached hydrogen (secondary N) is 1. The van der Waals surface area contributed by atoms with Gasteiger partial charge in [0.05, 0.1) is 21.6 Å². The van der Waals surface area contributed by atoms with Crippen LogP contribution in [0.15, 0.2) is 34.9 Å². The van der Waals surface area contributed by atoms with Gasteiger partial charge in [0, 0.05) is 24.5 Å². The van der Waals surface area contributed by atoms with Gasteiger partial charge < -0.3 is 5.32 Å². The van der Waals surface area contributed by atoms with E-state index in [9.17, 15) is 20.2 Å². The van der Waals surface area contributed by atoms with Gasteiger partial charge in [0.25, 0.3) is 5.69 Å². The Balaban J connectivity index is 2.48. The number of nitro groups is 1. The third-order valence-electron chi connectivity index (χ3n) is 3.13. The van der Waals surface area contributed by atoms with E-state index >= 15 is 0 Å². The van der Waals surface area contributed by atoms with E-state index in [1.54, 1.807) is 12.1 Å². The molecule has 0 aromatic heterocycles. The van der Waals surface area contributed by atoms with E-state index in [4.69, 9.17) is 0 Å². The lowest BCUT2D eigenvalue weighted by molar-refractivity contribution is -0.384. The molecule has 21 heavy (non-hydrogen) atoms. The van der Waals surface area contributed by atoms with Crippen LogP contribution in [0.1, 0.15) is 24.8 Å². The number of allylic oxidation sites excluding steroid dienone is 1. The molecule has 0 radical (unpaired) electrons. The minimum atomic E-state index is -0.482. The number of thioether (sulfide) groups is 1. The molecule has 1 aliphatic rings. The molecule has 1 amide bonds. The molecule has 0 spiro atoms. The van der Waals surface area contributed by atoms with Crippen molar-refractivity contribution in [3.05, 3.63) is 50.5 Å². The first kappa shape index (κ1) is 15.1. The van der Waals surface area contributed by atoms with Gasteiger partial charge in [-0.05, 0) is 11.3 Å². The van der Waals surface area contributed by atoms with Gasteiger partial charge in [-0.15, -0.1) is 11.8 Å². The van der Waals surface area contributed by atoms with Crippen molar-refractivity contribution in [2.45, 2.75) is 19.3 Å². The monoisotopic (exact) mass is 303 g/mol. The molecule has 0 saturated carbocycles. The van der Waals surface area contributed by atoms with Gasteiger partial charge in [-0.25, -0.2) is 0 Å². The van der Waals surface area contributed by atoms with E-state index in [-0.39, 0.29) is 18.0 Å². The summed E-state index contributed by atoms with van der Waals surface area (Å²) in [7, 11) is 0. The number of nitro benzene ring substituents is 1. The second-order valence-electron chi connectivity index (χ2n) is 4.44. The number of benzene rings is 1. The second kappa shape index (κ2) is 6.41. The number of nitriles is 1. The highest BCUT2D eigenvalue weighted by Gasteiger charge is 2.30. The molecule has 1 aliphatic heterocycles. The molecule has 0 saturated heterocycles. The maximum Gasteiger partial charge on any atom is 0.269 e. The normalized spacial score (nSPS) is 18.1. The number of nitrogens with zero attached hydrogens (tertiary/aromatic N) is 2. The molecule has 1 heterocycles. The first-order valence-corrected chi connectivity index (χ1v) is 7.36. The van der Waals surface area contributed by atoms with Crippen molar-refractivity contribution in [3.8, 4) is 6.07 Å². The molecule has 1 atom stereocenters. The largest absolute Gasteiger partial charge is 0.320 e. The predicted molar refractivity (Wildman–Crippen MR) is 79.4 cm³/mol. The summed E-state index contributed by atoms with van der Waals surface area (Å²) in [6, 6.07) is 8.23. The Hall–Kier alpha value is -2.33. The number of rotatable bonds is 4. The molecule has 6 nitrogen and oxygen atoms in total. The van der Waals surface area contributed by atoms with Gasteiger partial charge in [-0.2, -0.15) is 5.26 Å². The highest BCUT2D eigenvalue weighted by molar-refractivity contribution is 8.03. The molecule has 1 aromatic rings. The third-order valence-corrected chi connectivity index (χ3v) is 4.03. The zero-order valence-electron chi connectivity index (χ0n) is 11.3. The van der Waals surface area contributed by atoms with Crippen molar-refractivity contribution >= 4 is 23.4 Å². The molecule has 7 heteroatoms. The van der Waals surface area contributed by atoms with Crippen LogP contribution in [0.4, 0.5) is 5.69 Å². The van der Waals surface area contributed by atoms with Crippen molar-refractivity contribution in [3.63, 3.8) is 0 Å². The van der Waals surface area contributed by atoms with Crippen LogP contribution in [0.2, 0.25) is 0 Å². The van der Waals surface area contributed by atoms with E-state index in [0.717, 1.165) is 5.75 Å². The molecule has 0 aliphatic carbocycles. The van der Waals surface area contributed by atoms with Gasteiger partial charge in [-0.3, -0.25) is 14.9 Å². The van der Waals surface area contributed by atoms with Crippen LogP contribution in [-0.4, -0.2) is 16.6 Å². The summed E-state index contributed by atoms with van der Waals surface area (Å²) < 4.78 is 0. The molecular formula is C14H13N3O3S. The average Bonchev–Trinajstić information content (AvgIpc) is 2.47. The summed E-state index contributed by atoms with van der Waals surface area (Å²) in [4.78, 5) is 22.2. The average molecular weight is 303 g/mol. The van der Waals surface area contributed by atoms with E-state index in [2.05, 4.69) is 11.4 Å². The number of hydrogen-bond acceptors (Lipinski definition) is 5. The molecule has 108 valence electrons. The van der Waals surface area contributed by atoms with Gasteiger partial charge in [-0.1, -0.05) is 19.1 Å². The van der Waals surface area contributed by atoms with Gasteiger partial charge >= 0.3 is 0 Å². The Bertz CT molecular complexity index is 664. The standard InChI is InChI=1S/C14H13N3O3S/c1-2-21-14-12(8-15)11(7-13(18)16-14)9-4-3-5-10(6-9)17(19)20/h3-6,11H,2,7H2,1H3,(H,16,18). The van der Waals surface area contributed by atoms with E-state index in [1.165, 1.54) is 23.9 Å². The SMILES string of the molecule is CCSC1=C(C#N)C(c2cccc([N+](=O)[O-])c2)CC(=O)N1. The van der Waals surface area contributed by atoms with Crippen LogP contribution in [0, 0.1) is 21.4 Å².